The molecule has 0 radical (unpaired) electrons. The molecule has 3 aromatic rings. The topological polar surface area (TPSA) is 12.9 Å². The van der Waals surface area contributed by atoms with Crippen LogP contribution >= 0.6 is 27.3 Å². The second-order valence-corrected chi connectivity index (χ2v) is 5.33. The summed E-state index contributed by atoms with van der Waals surface area (Å²) in [7, 11) is 0. The van der Waals surface area contributed by atoms with Crippen molar-refractivity contribution >= 4 is 37.4 Å². The molecule has 1 aromatic carbocycles. The Balaban J connectivity index is 2.29. The highest BCUT2D eigenvalue weighted by Crippen LogP contribution is 2.41. The Kier molecular flexibility index (Phi) is 2.50. The lowest BCUT2D eigenvalue weighted by Gasteiger charge is -1.96. The van der Waals surface area contributed by atoms with Gasteiger partial charge < -0.3 is 0 Å². The quantitative estimate of drug-likeness (QED) is 0.631. The molecule has 0 saturated heterocycles. The molecular formula is C13H8BrNS. The van der Waals surface area contributed by atoms with Gasteiger partial charge in [0.15, 0.2) is 0 Å². The van der Waals surface area contributed by atoms with E-state index in [1.54, 1.807) is 17.5 Å². The van der Waals surface area contributed by atoms with E-state index in [-0.39, 0.29) is 0 Å². The molecule has 0 aliphatic heterocycles. The summed E-state index contributed by atoms with van der Waals surface area (Å²) in [5.74, 6) is 0. The van der Waals surface area contributed by atoms with Crippen molar-refractivity contribution in [1.29, 1.82) is 0 Å². The van der Waals surface area contributed by atoms with Crippen LogP contribution in [0.25, 0.3) is 20.5 Å². The first kappa shape index (κ1) is 10.00. The zero-order chi connectivity index (χ0) is 11.0. The Morgan fingerprint density at radius 3 is 2.69 bits per heavy atom. The maximum atomic E-state index is 4.16. The minimum atomic E-state index is 1.16. The minimum Gasteiger partial charge on any atom is -0.264 e. The zero-order valence-corrected chi connectivity index (χ0v) is 10.8. The Bertz CT molecular complexity index is 631. The molecule has 16 heavy (non-hydrogen) atoms. The van der Waals surface area contributed by atoms with Gasteiger partial charge in [-0.1, -0.05) is 24.3 Å². The first-order valence-electron chi connectivity index (χ1n) is 4.93. The normalized spacial score (nSPS) is 10.8. The van der Waals surface area contributed by atoms with E-state index in [4.69, 9.17) is 0 Å². The van der Waals surface area contributed by atoms with Gasteiger partial charge in [0.1, 0.15) is 0 Å². The number of nitrogens with zero attached hydrogens (tertiary/aromatic N) is 1. The SMILES string of the molecule is Brc1c(-c2cccnc2)sc2ccccc12. The van der Waals surface area contributed by atoms with Crippen LogP contribution in [-0.4, -0.2) is 4.98 Å². The molecule has 0 N–H and O–H groups in total. The molecule has 1 nitrogen and oxygen atoms in total. The average molecular weight is 290 g/mol. The van der Waals surface area contributed by atoms with Gasteiger partial charge in [-0.05, 0) is 28.1 Å². The Morgan fingerprint density at radius 2 is 1.94 bits per heavy atom. The van der Waals surface area contributed by atoms with E-state index in [0.29, 0.717) is 0 Å². The van der Waals surface area contributed by atoms with E-state index in [9.17, 15) is 0 Å². The van der Waals surface area contributed by atoms with E-state index >= 15 is 0 Å². The van der Waals surface area contributed by atoms with Crippen LogP contribution in [0.5, 0.6) is 0 Å². The highest BCUT2D eigenvalue weighted by atomic mass is 79.9. The Morgan fingerprint density at radius 1 is 1.06 bits per heavy atom. The summed E-state index contributed by atoms with van der Waals surface area (Å²) in [5.41, 5.74) is 1.16. The number of fused-ring (bicyclic) bond motifs is 1. The lowest BCUT2D eigenvalue weighted by molar-refractivity contribution is 1.33. The molecule has 3 rings (SSSR count). The first-order chi connectivity index (χ1) is 7.86. The number of thiophene rings is 1. The van der Waals surface area contributed by atoms with Crippen molar-refractivity contribution in [3.63, 3.8) is 0 Å². The lowest BCUT2D eigenvalue weighted by Crippen LogP contribution is -1.74. The summed E-state index contributed by atoms with van der Waals surface area (Å²) in [5, 5.41) is 1.27. The number of hydrogen-bond donors (Lipinski definition) is 0. The number of aromatic nitrogens is 1. The number of benzene rings is 1. The van der Waals surface area contributed by atoms with Crippen LogP contribution in [0.1, 0.15) is 0 Å². The van der Waals surface area contributed by atoms with Crippen LogP contribution in [0.4, 0.5) is 0 Å². The summed E-state index contributed by atoms with van der Waals surface area (Å²) < 4.78 is 2.47. The van der Waals surface area contributed by atoms with Crippen LogP contribution in [0.15, 0.2) is 53.3 Å². The summed E-state index contributed by atoms with van der Waals surface area (Å²) >= 11 is 5.46. The fourth-order valence-electron chi connectivity index (χ4n) is 1.70. The monoisotopic (exact) mass is 289 g/mol. The summed E-state index contributed by atoms with van der Waals surface area (Å²) in [6.45, 7) is 0. The van der Waals surface area contributed by atoms with Crippen molar-refractivity contribution in [3.05, 3.63) is 53.3 Å². The molecule has 2 heterocycles. The molecule has 2 aromatic heterocycles. The van der Waals surface area contributed by atoms with E-state index < -0.39 is 0 Å². The van der Waals surface area contributed by atoms with Gasteiger partial charge in [-0.15, -0.1) is 11.3 Å². The molecule has 0 saturated carbocycles. The second kappa shape index (κ2) is 4.00. The molecular weight excluding hydrogens is 282 g/mol. The fourth-order valence-corrected chi connectivity index (χ4v) is 3.73. The van der Waals surface area contributed by atoms with Crippen molar-refractivity contribution in [2.75, 3.05) is 0 Å². The van der Waals surface area contributed by atoms with Crippen LogP contribution in [-0.2, 0) is 0 Å². The molecule has 0 aliphatic carbocycles. The van der Waals surface area contributed by atoms with Crippen LogP contribution in [0.3, 0.4) is 0 Å². The molecule has 0 unspecified atom stereocenters. The van der Waals surface area contributed by atoms with E-state index in [0.717, 1.165) is 5.56 Å². The van der Waals surface area contributed by atoms with Crippen molar-refractivity contribution in [2.45, 2.75) is 0 Å². The van der Waals surface area contributed by atoms with Crippen LogP contribution in [0.2, 0.25) is 0 Å². The molecule has 3 heteroatoms. The molecule has 78 valence electrons. The number of halogens is 1. The predicted octanol–water partition coefficient (Wildman–Crippen LogP) is 4.73. The van der Waals surface area contributed by atoms with Crippen molar-refractivity contribution in [1.82, 2.24) is 4.98 Å². The fraction of sp³-hybridized carbons (Fsp3) is 0. The van der Waals surface area contributed by atoms with E-state index in [2.05, 4.69) is 51.2 Å². The Labute approximate surface area is 106 Å². The third-order valence-electron chi connectivity index (χ3n) is 2.46. The van der Waals surface area contributed by atoms with E-state index in [1.165, 1.54) is 19.4 Å². The maximum absolute atomic E-state index is 4.16. The zero-order valence-electron chi connectivity index (χ0n) is 8.35. The third kappa shape index (κ3) is 1.56. The van der Waals surface area contributed by atoms with E-state index in [1.807, 2.05) is 12.3 Å². The summed E-state index contributed by atoms with van der Waals surface area (Å²) in [6, 6.07) is 12.5. The van der Waals surface area contributed by atoms with Crippen molar-refractivity contribution in [3.8, 4) is 10.4 Å². The molecule has 0 spiro atoms. The third-order valence-corrected chi connectivity index (χ3v) is 4.76. The predicted molar refractivity (Wildman–Crippen MR) is 72.8 cm³/mol. The van der Waals surface area contributed by atoms with Gasteiger partial charge in [0.25, 0.3) is 0 Å². The van der Waals surface area contributed by atoms with Gasteiger partial charge in [0.05, 0.1) is 4.88 Å². The molecule has 0 aliphatic rings. The van der Waals surface area contributed by atoms with Gasteiger partial charge in [0.2, 0.25) is 0 Å². The molecule has 0 fully saturated rings. The minimum absolute atomic E-state index is 1.16. The van der Waals surface area contributed by atoms with Crippen molar-refractivity contribution < 1.29 is 0 Å². The van der Waals surface area contributed by atoms with Gasteiger partial charge in [0, 0.05) is 32.5 Å². The maximum Gasteiger partial charge on any atom is 0.0513 e. The molecule has 0 bridgehead atoms. The van der Waals surface area contributed by atoms with Crippen molar-refractivity contribution in [2.24, 2.45) is 0 Å². The largest absolute Gasteiger partial charge is 0.264 e. The number of hydrogen-bond acceptors (Lipinski definition) is 2. The van der Waals surface area contributed by atoms with Crippen LogP contribution < -0.4 is 0 Å². The van der Waals surface area contributed by atoms with Gasteiger partial charge >= 0.3 is 0 Å². The molecule has 0 amide bonds. The van der Waals surface area contributed by atoms with Gasteiger partial charge in [-0.2, -0.15) is 0 Å². The highest BCUT2D eigenvalue weighted by molar-refractivity contribution is 9.10. The second-order valence-electron chi connectivity index (χ2n) is 3.48. The average Bonchev–Trinajstić information content (AvgIpc) is 2.69. The lowest BCUT2D eigenvalue weighted by atomic mass is 10.2. The summed E-state index contributed by atoms with van der Waals surface area (Å²) in [4.78, 5) is 5.40. The number of pyridine rings is 1. The smallest absolute Gasteiger partial charge is 0.0513 e. The highest BCUT2D eigenvalue weighted by Gasteiger charge is 2.10. The van der Waals surface area contributed by atoms with Crippen LogP contribution in [0, 0.1) is 0 Å². The van der Waals surface area contributed by atoms with Gasteiger partial charge in [-0.3, -0.25) is 4.98 Å². The standard InChI is InChI=1S/C13H8BrNS/c14-12-10-5-1-2-6-11(10)16-13(12)9-4-3-7-15-8-9/h1-8H. The summed E-state index contributed by atoms with van der Waals surface area (Å²) in [6.07, 6.45) is 3.69. The first-order valence-corrected chi connectivity index (χ1v) is 6.54. The number of rotatable bonds is 1. The molecule has 0 atom stereocenters. The Hall–Kier alpha value is -1.19. The van der Waals surface area contributed by atoms with Gasteiger partial charge in [-0.25, -0.2) is 0 Å².